The Bertz CT molecular complexity index is 2760. The molecule has 7 aromatic rings. The van der Waals surface area contributed by atoms with E-state index in [-0.39, 0.29) is 55.1 Å². The van der Waals surface area contributed by atoms with Crippen molar-refractivity contribution in [2.24, 2.45) is 11.5 Å². The van der Waals surface area contributed by atoms with Crippen LogP contribution in [0.2, 0.25) is 0 Å². The Morgan fingerprint density at radius 3 is 1.91 bits per heavy atom. The van der Waals surface area contributed by atoms with Crippen LogP contribution in [0.25, 0.3) is 33.0 Å². The zero-order valence-corrected chi connectivity index (χ0v) is 32.3. The Balaban J connectivity index is 1.30. The molecule has 0 spiro atoms. The van der Waals surface area contributed by atoms with Crippen LogP contribution in [0, 0.1) is 13.8 Å². The first kappa shape index (κ1) is 39.0. The van der Waals surface area contributed by atoms with Crippen molar-refractivity contribution < 1.29 is 33.4 Å². The van der Waals surface area contributed by atoms with Gasteiger partial charge >= 0.3 is 0 Å². The quantitative estimate of drug-likeness (QED) is 0.0693. The second-order valence-corrected chi connectivity index (χ2v) is 13.4. The maximum atomic E-state index is 13.7. The van der Waals surface area contributed by atoms with Gasteiger partial charge < -0.3 is 34.9 Å². The van der Waals surface area contributed by atoms with Gasteiger partial charge in [-0.1, -0.05) is 12.2 Å². The summed E-state index contributed by atoms with van der Waals surface area (Å²) in [5, 5.41) is 24.5. The number of fused-ring (bicyclic) bond motifs is 4. The van der Waals surface area contributed by atoms with Gasteiger partial charge in [0.1, 0.15) is 28.2 Å². The number of rotatable bonds is 16. The van der Waals surface area contributed by atoms with Crippen LogP contribution in [0.15, 0.2) is 59.2 Å². The summed E-state index contributed by atoms with van der Waals surface area (Å²) < 4.78 is 18.5. The Hall–Kier alpha value is -7.28. The largest absolute Gasteiger partial charge is 0.491 e. The van der Waals surface area contributed by atoms with E-state index in [9.17, 15) is 24.3 Å². The molecule has 0 radical (unpaired) electrons. The lowest BCUT2D eigenvalue weighted by Crippen LogP contribution is -2.20. The molecule has 7 rings (SSSR count). The molecule has 0 bridgehead atoms. The summed E-state index contributed by atoms with van der Waals surface area (Å²) in [5.41, 5.74) is 15.8. The lowest BCUT2D eigenvalue weighted by molar-refractivity contribution is 0.0992. The molecule has 0 aliphatic rings. The third-order valence-electron chi connectivity index (χ3n) is 9.42. The number of furan rings is 1. The first-order valence-electron chi connectivity index (χ1n) is 18.6. The molecule has 0 fully saturated rings. The van der Waals surface area contributed by atoms with Crippen LogP contribution in [-0.4, -0.2) is 80.6 Å². The fourth-order valence-corrected chi connectivity index (χ4v) is 6.84. The van der Waals surface area contributed by atoms with Crippen LogP contribution < -0.4 is 26.8 Å². The average Bonchev–Trinajstić information content (AvgIpc) is 4.02. The molecule has 2 aromatic carbocycles. The number of amides is 4. The highest BCUT2D eigenvalue weighted by atomic mass is 16.5. The van der Waals surface area contributed by atoms with Crippen molar-refractivity contribution in [3.05, 3.63) is 88.7 Å². The number of imidazole rings is 2. The molecule has 0 atom stereocenters. The van der Waals surface area contributed by atoms with Crippen LogP contribution in [0.1, 0.15) is 73.3 Å². The highest BCUT2D eigenvalue weighted by molar-refractivity contribution is 6.14. The number of hydrogen-bond donors (Lipinski definition) is 5. The number of nitrogens with zero attached hydrogens (tertiary/aromatic N) is 8. The molecule has 0 unspecified atom stereocenters. The Morgan fingerprint density at radius 1 is 0.810 bits per heavy atom. The lowest BCUT2D eigenvalue weighted by atomic mass is 10.1. The zero-order chi connectivity index (χ0) is 41.2. The molecule has 0 aliphatic heterocycles. The van der Waals surface area contributed by atoms with Gasteiger partial charge in [-0.25, -0.2) is 9.97 Å². The van der Waals surface area contributed by atoms with Crippen LogP contribution in [0.3, 0.4) is 0 Å². The topological polar surface area (TPSA) is 258 Å². The average molecular weight is 791 g/mol. The second kappa shape index (κ2) is 16.1. The molecule has 5 heterocycles. The van der Waals surface area contributed by atoms with Crippen molar-refractivity contribution in [3.63, 3.8) is 0 Å². The second-order valence-electron chi connectivity index (χ2n) is 13.4. The number of benzene rings is 2. The van der Waals surface area contributed by atoms with E-state index >= 15 is 0 Å². The maximum absolute atomic E-state index is 13.7. The predicted molar refractivity (Wildman–Crippen MR) is 214 cm³/mol. The van der Waals surface area contributed by atoms with Gasteiger partial charge in [-0.3, -0.25) is 39.2 Å². The summed E-state index contributed by atoms with van der Waals surface area (Å²) >= 11 is 0. The van der Waals surface area contributed by atoms with Gasteiger partial charge in [0, 0.05) is 50.2 Å². The molecule has 0 saturated carbocycles. The number of primary amides is 2. The number of hydrogen-bond acceptors (Lipinski definition) is 11. The SMILES string of the molecule is CCn1nc(C)cc1C(=O)Nc1nc2cc(C(N)=O)cc(OCCCO)c2n1C/C=C/Cn1c(NC(=O)c2cc(C)nn2CC)nc2cc(C(N)=O)c3ccoc3c21. The van der Waals surface area contributed by atoms with Crippen LogP contribution in [0.5, 0.6) is 5.75 Å². The maximum Gasteiger partial charge on any atom is 0.276 e. The number of anilines is 2. The molecule has 58 heavy (non-hydrogen) atoms. The van der Waals surface area contributed by atoms with Gasteiger partial charge in [0.15, 0.2) is 5.58 Å². The number of nitrogens with two attached hydrogens (primary N) is 2. The summed E-state index contributed by atoms with van der Waals surface area (Å²) in [6.45, 7) is 8.57. The van der Waals surface area contributed by atoms with Crippen LogP contribution in [-0.2, 0) is 26.2 Å². The standard InChI is InChI=1S/C39H42N12O7/c1-5-50-28(16-21(3)46-50)36(55)44-38-42-26-18-23(34(40)53)19-30(57-14-9-13-52)31(26)48(38)11-7-8-12-49-32-27(20-25(35(41)54)24-10-15-58-33(24)32)43-39(49)45-37(56)29-17-22(4)47-51(29)6-2/h7-8,10,15-20,52H,5-6,9,11-14H2,1-4H3,(H2,40,53)(H2,41,54)(H,42,44,55)(H,43,45,56)/b8-7+. The number of nitrogens with one attached hydrogen (secondary N) is 2. The van der Waals surface area contributed by atoms with E-state index in [4.69, 9.17) is 30.6 Å². The minimum Gasteiger partial charge on any atom is -0.491 e. The van der Waals surface area contributed by atoms with Crippen LogP contribution >= 0.6 is 0 Å². The van der Waals surface area contributed by atoms with E-state index in [1.165, 1.54) is 18.4 Å². The van der Waals surface area contributed by atoms with E-state index in [2.05, 4.69) is 20.8 Å². The van der Waals surface area contributed by atoms with Crippen LogP contribution in [0.4, 0.5) is 11.9 Å². The molecule has 7 N–H and O–H groups in total. The van der Waals surface area contributed by atoms with Crippen molar-refractivity contribution in [2.75, 3.05) is 23.8 Å². The molecule has 5 aromatic heterocycles. The van der Waals surface area contributed by atoms with E-state index in [0.29, 0.717) is 75.3 Å². The minimum atomic E-state index is -0.699. The Labute approximate surface area is 330 Å². The summed E-state index contributed by atoms with van der Waals surface area (Å²) in [6.07, 6.45) is 5.41. The highest BCUT2D eigenvalue weighted by Crippen LogP contribution is 2.34. The zero-order valence-electron chi connectivity index (χ0n) is 32.3. The molecular weight excluding hydrogens is 749 g/mol. The first-order valence-corrected chi connectivity index (χ1v) is 18.6. The monoisotopic (exact) mass is 790 g/mol. The molecule has 0 aliphatic carbocycles. The molecule has 300 valence electrons. The summed E-state index contributed by atoms with van der Waals surface area (Å²) in [4.78, 5) is 61.5. The van der Waals surface area contributed by atoms with Crippen molar-refractivity contribution in [3.8, 4) is 5.75 Å². The van der Waals surface area contributed by atoms with Gasteiger partial charge in [0.05, 0.1) is 40.9 Å². The third-order valence-corrected chi connectivity index (χ3v) is 9.42. The van der Waals surface area contributed by atoms with Crippen molar-refractivity contribution in [1.29, 1.82) is 0 Å². The number of aryl methyl sites for hydroxylation is 4. The van der Waals surface area contributed by atoms with Gasteiger partial charge in [0.25, 0.3) is 11.8 Å². The molecule has 19 nitrogen and oxygen atoms in total. The molecule has 0 saturated heterocycles. The van der Waals surface area contributed by atoms with Gasteiger partial charge in [-0.15, -0.1) is 0 Å². The van der Waals surface area contributed by atoms with Crippen molar-refractivity contribution in [2.45, 2.75) is 60.3 Å². The van der Waals surface area contributed by atoms with E-state index < -0.39 is 23.6 Å². The Morgan fingerprint density at radius 2 is 1.38 bits per heavy atom. The van der Waals surface area contributed by atoms with E-state index in [1.807, 2.05) is 26.0 Å². The number of aliphatic hydroxyl groups is 1. The van der Waals surface area contributed by atoms with E-state index in [0.717, 1.165) is 0 Å². The minimum absolute atomic E-state index is 0.117. The number of aromatic nitrogens is 8. The van der Waals surface area contributed by atoms with Crippen molar-refractivity contribution >= 4 is 68.6 Å². The number of carbonyl (C=O) groups excluding carboxylic acids is 4. The summed E-state index contributed by atoms with van der Waals surface area (Å²) in [7, 11) is 0. The fourth-order valence-electron chi connectivity index (χ4n) is 6.84. The third kappa shape index (κ3) is 7.37. The lowest BCUT2D eigenvalue weighted by Gasteiger charge is -2.13. The van der Waals surface area contributed by atoms with Gasteiger partial charge in [0.2, 0.25) is 23.7 Å². The normalized spacial score (nSPS) is 11.7. The Kier molecular flexibility index (Phi) is 10.8. The van der Waals surface area contributed by atoms with Gasteiger partial charge in [-0.05, 0) is 64.1 Å². The predicted octanol–water partition coefficient (Wildman–Crippen LogP) is 3.90. The number of carbonyl (C=O) groups is 4. The summed E-state index contributed by atoms with van der Waals surface area (Å²) in [6, 6.07) is 9.56. The highest BCUT2D eigenvalue weighted by Gasteiger charge is 2.24. The van der Waals surface area contributed by atoms with Gasteiger partial charge in [-0.2, -0.15) is 10.2 Å². The number of allylic oxidation sites excluding steroid dienone is 2. The smallest absolute Gasteiger partial charge is 0.276 e. The molecule has 4 amide bonds. The fraction of sp³-hybridized carbons (Fsp3) is 0.282. The number of aliphatic hydroxyl groups excluding tert-OH is 1. The first-order chi connectivity index (χ1) is 27.9. The molecule has 19 heteroatoms. The summed E-state index contributed by atoms with van der Waals surface area (Å²) in [5.74, 6) is -1.66. The van der Waals surface area contributed by atoms with E-state index in [1.54, 1.807) is 56.6 Å². The molecular formula is C39H42N12O7. The van der Waals surface area contributed by atoms with Crippen molar-refractivity contribution in [1.82, 2.24) is 38.7 Å². The number of ether oxygens (including phenoxy) is 1.